The van der Waals surface area contributed by atoms with Gasteiger partial charge in [0, 0.05) is 29.7 Å². The molecule has 2 aromatic carbocycles. The van der Waals surface area contributed by atoms with Crippen LogP contribution in [-0.2, 0) is 10.0 Å². The molecule has 0 radical (unpaired) electrons. The van der Waals surface area contributed by atoms with Crippen molar-refractivity contribution < 1.29 is 8.42 Å². The molecule has 2 heterocycles. The Bertz CT molecular complexity index is 944. The minimum absolute atomic E-state index is 0.276. The van der Waals surface area contributed by atoms with Crippen molar-refractivity contribution in [3.63, 3.8) is 0 Å². The fraction of sp³-hybridized carbons (Fsp3) is 0.125. The van der Waals surface area contributed by atoms with Crippen LogP contribution in [0.1, 0.15) is 17.2 Å². The van der Waals surface area contributed by atoms with Gasteiger partial charge in [-0.3, -0.25) is 0 Å². The van der Waals surface area contributed by atoms with Crippen molar-refractivity contribution in [3.05, 3.63) is 65.9 Å². The molecule has 1 N–H and O–H groups in total. The molecule has 5 heteroatoms. The van der Waals surface area contributed by atoms with Crippen molar-refractivity contribution >= 4 is 20.9 Å². The van der Waals surface area contributed by atoms with Crippen LogP contribution in [0.3, 0.4) is 0 Å². The third-order valence-corrected chi connectivity index (χ3v) is 6.05. The number of aromatic nitrogens is 1. The minimum atomic E-state index is -3.41. The zero-order chi connectivity index (χ0) is 14.6. The van der Waals surface area contributed by atoms with Crippen LogP contribution in [0.4, 0.5) is 0 Å². The summed E-state index contributed by atoms with van der Waals surface area (Å²) >= 11 is 0. The minimum Gasteiger partial charge on any atom is -0.361 e. The number of nitrogens with zero attached hydrogens (tertiary/aromatic N) is 1. The Morgan fingerprint density at radius 3 is 2.57 bits per heavy atom. The number of benzene rings is 2. The third kappa shape index (κ3) is 1.61. The van der Waals surface area contributed by atoms with E-state index >= 15 is 0 Å². The summed E-state index contributed by atoms with van der Waals surface area (Å²) in [7, 11) is -1.77. The van der Waals surface area contributed by atoms with Crippen molar-refractivity contribution in [1.82, 2.24) is 9.29 Å². The summed E-state index contributed by atoms with van der Waals surface area (Å²) in [5, 5.41) is 1.06. The summed E-state index contributed by atoms with van der Waals surface area (Å²) in [4.78, 5) is 3.63. The smallest absolute Gasteiger partial charge is 0.244 e. The van der Waals surface area contributed by atoms with E-state index in [4.69, 9.17) is 0 Å². The average molecular weight is 298 g/mol. The first-order chi connectivity index (χ1) is 10.1. The SMILES string of the molecule is CN1C(c2c[nH]c3ccccc23)c2ccccc2S1(=O)=O. The molecule has 1 unspecified atom stereocenters. The van der Waals surface area contributed by atoms with Crippen molar-refractivity contribution in [1.29, 1.82) is 0 Å². The second-order valence-electron chi connectivity index (χ2n) is 5.25. The molecule has 1 aromatic heterocycles. The van der Waals surface area contributed by atoms with Gasteiger partial charge in [-0.2, -0.15) is 4.31 Å². The lowest BCUT2D eigenvalue weighted by Crippen LogP contribution is -2.24. The normalized spacial score (nSPS) is 20.7. The Morgan fingerprint density at radius 1 is 1.00 bits per heavy atom. The molecule has 0 spiro atoms. The first kappa shape index (κ1) is 12.6. The van der Waals surface area contributed by atoms with Crippen LogP contribution < -0.4 is 0 Å². The lowest BCUT2D eigenvalue weighted by molar-refractivity contribution is 0.442. The molecule has 1 atom stereocenters. The molecule has 21 heavy (non-hydrogen) atoms. The Hall–Kier alpha value is -2.11. The van der Waals surface area contributed by atoms with Crippen LogP contribution in [0.2, 0.25) is 0 Å². The van der Waals surface area contributed by atoms with Crippen molar-refractivity contribution in [2.45, 2.75) is 10.9 Å². The molecule has 106 valence electrons. The van der Waals surface area contributed by atoms with Crippen LogP contribution in [-0.4, -0.2) is 24.8 Å². The van der Waals surface area contributed by atoms with E-state index in [1.54, 1.807) is 19.2 Å². The highest BCUT2D eigenvalue weighted by Gasteiger charge is 2.41. The number of hydrogen-bond donors (Lipinski definition) is 1. The van der Waals surface area contributed by atoms with E-state index in [2.05, 4.69) is 4.98 Å². The number of H-pyrrole nitrogens is 1. The summed E-state index contributed by atoms with van der Waals surface area (Å²) in [5.74, 6) is 0. The van der Waals surface area contributed by atoms with E-state index in [0.29, 0.717) is 4.90 Å². The number of sulfonamides is 1. The van der Waals surface area contributed by atoms with Crippen LogP contribution in [0.25, 0.3) is 10.9 Å². The van der Waals surface area contributed by atoms with Gasteiger partial charge >= 0.3 is 0 Å². The molecule has 1 aliphatic heterocycles. The molecule has 4 nitrogen and oxygen atoms in total. The van der Waals surface area contributed by atoms with E-state index in [9.17, 15) is 8.42 Å². The maximum atomic E-state index is 12.5. The van der Waals surface area contributed by atoms with Crippen LogP contribution >= 0.6 is 0 Å². The molecule has 0 saturated carbocycles. The Labute approximate surface area is 123 Å². The van der Waals surface area contributed by atoms with Crippen LogP contribution in [0.15, 0.2) is 59.6 Å². The molecular weight excluding hydrogens is 284 g/mol. The highest BCUT2D eigenvalue weighted by molar-refractivity contribution is 7.89. The third-order valence-electron chi connectivity index (χ3n) is 4.15. The molecule has 0 aliphatic carbocycles. The molecule has 0 bridgehead atoms. The second-order valence-corrected chi connectivity index (χ2v) is 7.22. The zero-order valence-corrected chi connectivity index (χ0v) is 12.3. The second kappa shape index (κ2) is 4.19. The standard InChI is InChI=1S/C16H14N2O2S/c1-18-16(12-7-3-5-9-15(12)21(18,19)20)13-10-17-14-8-4-2-6-11(13)14/h2-10,16-17H,1H3. The van der Waals surface area contributed by atoms with Gasteiger partial charge in [0.25, 0.3) is 0 Å². The number of aromatic amines is 1. The molecule has 0 amide bonds. The molecule has 0 fully saturated rings. The molecular formula is C16H14N2O2S. The number of fused-ring (bicyclic) bond motifs is 2. The largest absolute Gasteiger partial charge is 0.361 e. The molecule has 0 saturated heterocycles. The highest BCUT2D eigenvalue weighted by atomic mass is 32.2. The van der Waals surface area contributed by atoms with Gasteiger partial charge in [0.1, 0.15) is 0 Å². The Balaban J connectivity index is 2.02. The van der Waals surface area contributed by atoms with Crippen molar-refractivity contribution in [2.24, 2.45) is 0 Å². The number of rotatable bonds is 1. The van der Waals surface area contributed by atoms with E-state index in [1.807, 2.05) is 42.6 Å². The van der Waals surface area contributed by atoms with Gasteiger partial charge in [0.2, 0.25) is 10.0 Å². The van der Waals surface area contributed by atoms with Crippen LogP contribution in [0, 0.1) is 0 Å². The highest BCUT2D eigenvalue weighted by Crippen LogP contribution is 2.43. The predicted molar refractivity (Wildman–Crippen MR) is 81.5 cm³/mol. The number of hydrogen-bond acceptors (Lipinski definition) is 2. The summed E-state index contributed by atoms with van der Waals surface area (Å²) in [6, 6.07) is 14.9. The molecule has 1 aliphatic rings. The van der Waals surface area contributed by atoms with E-state index < -0.39 is 10.0 Å². The number of nitrogens with one attached hydrogen (secondary N) is 1. The maximum absolute atomic E-state index is 12.5. The van der Waals surface area contributed by atoms with Gasteiger partial charge in [0.15, 0.2) is 0 Å². The van der Waals surface area contributed by atoms with Gasteiger partial charge in [-0.1, -0.05) is 36.4 Å². The lowest BCUT2D eigenvalue weighted by Gasteiger charge is -2.18. The van der Waals surface area contributed by atoms with Crippen LogP contribution in [0.5, 0.6) is 0 Å². The number of para-hydroxylation sites is 1. The zero-order valence-electron chi connectivity index (χ0n) is 11.4. The lowest BCUT2D eigenvalue weighted by atomic mass is 9.98. The van der Waals surface area contributed by atoms with Gasteiger partial charge in [-0.05, 0) is 17.7 Å². The van der Waals surface area contributed by atoms with Crippen molar-refractivity contribution in [2.75, 3.05) is 7.05 Å². The molecule has 4 rings (SSSR count). The van der Waals surface area contributed by atoms with E-state index in [1.165, 1.54) is 4.31 Å². The fourth-order valence-corrected chi connectivity index (χ4v) is 4.66. The Kier molecular flexibility index (Phi) is 2.52. The fourth-order valence-electron chi connectivity index (χ4n) is 3.11. The van der Waals surface area contributed by atoms with E-state index in [0.717, 1.165) is 22.0 Å². The van der Waals surface area contributed by atoms with Gasteiger partial charge in [-0.15, -0.1) is 0 Å². The van der Waals surface area contributed by atoms with E-state index in [-0.39, 0.29) is 6.04 Å². The monoisotopic (exact) mass is 298 g/mol. The van der Waals surface area contributed by atoms with Gasteiger partial charge in [0.05, 0.1) is 10.9 Å². The summed E-state index contributed by atoms with van der Waals surface area (Å²) in [5.41, 5.74) is 2.84. The summed E-state index contributed by atoms with van der Waals surface area (Å²) in [6.07, 6.45) is 1.91. The average Bonchev–Trinajstić information content (AvgIpc) is 2.99. The van der Waals surface area contributed by atoms with Gasteiger partial charge < -0.3 is 4.98 Å². The van der Waals surface area contributed by atoms with Crippen molar-refractivity contribution in [3.8, 4) is 0 Å². The summed E-state index contributed by atoms with van der Waals surface area (Å²) < 4.78 is 26.5. The Morgan fingerprint density at radius 2 is 1.71 bits per heavy atom. The predicted octanol–water partition coefficient (Wildman–Crippen LogP) is 2.89. The quantitative estimate of drug-likeness (QED) is 0.751. The maximum Gasteiger partial charge on any atom is 0.244 e. The van der Waals surface area contributed by atoms with Gasteiger partial charge in [-0.25, -0.2) is 8.42 Å². The first-order valence-electron chi connectivity index (χ1n) is 6.73. The first-order valence-corrected chi connectivity index (χ1v) is 8.17. The summed E-state index contributed by atoms with van der Waals surface area (Å²) in [6.45, 7) is 0. The molecule has 3 aromatic rings. The topological polar surface area (TPSA) is 53.2 Å².